The predicted octanol–water partition coefficient (Wildman–Crippen LogP) is 6.63. The third-order valence-corrected chi connectivity index (χ3v) is 7.37. The van der Waals surface area contributed by atoms with Crippen LogP contribution < -0.4 is 5.76 Å². The highest BCUT2D eigenvalue weighted by Crippen LogP contribution is 2.17. The van der Waals surface area contributed by atoms with E-state index in [0.29, 0.717) is 5.82 Å². The number of hydrogen-bond donors (Lipinski definition) is 1. The van der Waals surface area contributed by atoms with Crippen molar-refractivity contribution in [1.29, 1.82) is 0 Å². The molecule has 1 aliphatic heterocycles. The van der Waals surface area contributed by atoms with Crippen molar-refractivity contribution in [2.24, 2.45) is 0 Å². The summed E-state index contributed by atoms with van der Waals surface area (Å²) in [5, 5.41) is 3.75. The molecule has 0 aliphatic carbocycles. The maximum atomic E-state index is 11.1. The molecule has 6 nitrogen and oxygen atoms in total. The fourth-order valence-corrected chi connectivity index (χ4v) is 5.08. The highest BCUT2D eigenvalue weighted by Gasteiger charge is 2.16. The molecule has 196 valence electrons. The number of hydrogen-bond acceptors (Lipinski definition) is 5. The van der Waals surface area contributed by atoms with Crippen LogP contribution in [0.25, 0.3) is 11.4 Å². The van der Waals surface area contributed by atoms with E-state index in [0.717, 1.165) is 25.2 Å². The lowest BCUT2D eigenvalue weighted by atomic mass is 10.0. The molecule has 1 aromatic heterocycles. The van der Waals surface area contributed by atoms with Gasteiger partial charge in [-0.25, -0.2) is 4.79 Å². The molecular weight excluding hydrogens is 436 g/mol. The van der Waals surface area contributed by atoms with E-state index in [1.807, 2.05) is 12.1 Å². The molecule has 2 aromatic rings. The highest BCUT2D eigenvalue weighted by molar-refractivity contribution is 5.54. The van der Waals surface area contributed by atoms with Gasteiger partial charge in [-0.05, 0) is 18.5 Å². The van der Waals surface area contributed by atoms with Gasteiger partial charge in [0.1, 0.15) is 0 Å². The second-order valence-corrected chi connectivity index (χ2v) is 10.4. The Labute approximate surface area is 212 Å². The second-order valence-electron chi connectivity index (χ2n) is 10.4. The minimum Gasteiger partial charge on any atom is -0.301 e. The van der Waals surface area contributed by atoms with Gasteiger partial charge in [-0.1, -0.05) is 120 Å². The Morgan fingerprint density at radius 3 is 1.77 bits per heavy atom. The average Bonchev–Trinajstić information content (AvgIpc) is 3.32. The van der Waals surface area contributed by atoms with Crippen LogP contribution in [0.1, 0.15) is 102 Å². The summed E-state index contributed by atoms with van der Waals surface area (Å²) in [5.41, 5.74) is 2.16. The molecule has 0 bridgehead atoms. The molecule has 35 heavy (non-hydrogen) atoms. The van der Waals surface area contributed by atoms with Crippen LogP contribution in [0.5, 0.6) is 0 Å². The van der Waals surface area contributed by atoms with Crippen LogP contribution in [0.2, 0.25) is 0 Å². The van der Waals surface area contributed by atoms with Gasteiger partial charge in [-0.3, -0.25) is 14.4 Å². The molecule has 0 spiro atoms. The maximum Gasteiger partial charge on any atom is 0.439 e. The van der Waals surface area contributed by atoms with Crippen LogP contribution in [0.4, 0.5) is 0 Å². The molecule has 0 amide bonds. The van der Waals surface area contributed by atoms with E-state index in [9.17, 15) is 4.79 Å². The summed E-state index contributed by atoms with van der Waals surface area (Å²) in [5.74, 6) is -0.0327. The van der Waals surface area contributed by atoms with Gasteiger partial charge >= 0.3 is 5.76 Å². The number of nitrogens with one attached hydrogen (secondary N) is 1. The molecule has 1 aromatic carbocycles. The predicted molar refractivity (Wildman–Crippen MR) is 145 cm³/mol. The quantitative estimate of drug-likeness (QED) is 0.241. The molecule has 1 aliphatic rings. The second kappa shape index (κ2) is 16.7. The molecular formula is C29H48N4O2. The molecule has 6 heteroatoms. The van der Waals surface area contributed by atoms with Crippen LogP contribution in [0.3, 0.4) is 0 Å². The zero-order valence-corrected chi connectivity index (χ0v) is 22.1. The van der Waals surface area contributed by atoms with Crippen molar-refractivity contribution in [3.63, 3.8) is 0 Å². The summed E-state index contributed by atoms with van der Waals surface area (Å²) in [6, 6.07) is 8.22. The molecule has 0 atom stereocenters. The summed E-state index contributed by atoms with van der Waals surface area (Å²) < 4.78 is 4.59. The number of H-pyrrole nitrogens is 1. The van der Waals surface area contributed by atoms with Crippen molar-refractivity contribution in [3.05, 3.63) is 40.4 Å². The molecule has 1 saturated heterocycles. The molecule has 0 radical (unpaired) electrons. The van der Waals surface area contributed by atoms with Gasteiger partial charge in [-0.15, -0.1) is 0 Å². The Balaban J connectivity index is 1.14. The molecule has 1 fully saturated rings. The minimum absolute atomic E-state index is 0.485. The van der Waals surface area contributed by atoms with Crippen molar-refractivity contribution >= 4 is 0 Å². The van der Waals surface area contributed by atoms with Crippen molar-refractivity contribution in [2.75, 3.05) is 32.7 Å². The van der Waals surface area contributed by atoms with Gasteiger partial charge in [0.25, 0.3) is 0 Å². The molecule has 2 heterocycles. The smallest absolute Gasteiger partial charge is 0.301 e. The molecule has 0 saturated carbocycles. The zero-order chi connectivity index (χ0) is 24.6. The Bertz CT molecular complexity index is 837. The molecule has 3 rings (SSSR count). The Morgan fingerprint density at radius 1 is 0.743 bits per heavy atom. The van der Waals surface area contributed by atoms with Crippen LogP contribution in [-0.2, 0) is 6.54 Å². The first-order chi connectivity index (χ1) is 17.2. The first kappa shape index (κ1) is 27.7. The van der Waals surface area contributed by atoms with Gasteiger partial charge in [0.05, 0.1) is 0 Å². The first-order valence-corrected chi connectivity index (χ1v) is 14.3. The van der Waals surface area contributed by atoms with E-state index in [2.05, 4.69) is 43.5 Å². The molecule has 1 N–H and O–H groups in total. The van der Waals surface area contributed by atoms with Gasteiger partial charge < -0.3 is 4.90 Å². The lowest BCUT2D eigenvalue weighted by Crippen LogP contribution is -2.46. The lowest BCUT2D eigenvalue weighted by molar-refractivity contribution is 0.125. The van der Waals surface area contributed by atoms with E-state index in [1.54, 1.807) is 0 Å². The summed E-state index contributed by atoms with van der Waals surface area (Å²) >= 11 is 0. The standard InChI is InChI=1S/C29H48N4O2/c1-2-3-4-5-6-7-8-9-10-11-12-13-14-15-20-32-21-23-33(24-22-32)25-26-16-18-27(19-17-26)28-30-29(34)35-31-28/h16-19H,2-15,20-25H2,1H3,(H,30,31,34). The van der Waals surface area contributed by atoms with E-state index < -0.39 is 5.76 Å². The molecule has 0 unspecified atom stereocenters. The number of nitrogens with zero attached hydrogens (tertiary/aromatic N) is 3. The number of aromatic amines is 1. The van der Waals surface area contributed by atoms with Crippen LogP contribution in [0, 0.1) is 0 Å². The maximum absolute atomic E-state index is 11.1. The normalized spacial score (nSPS) is 15.1. The van der Waals surface area contributed by atoms with E-state index in [4.69, 9.17) is 0 Å². The zero-order valence-electron chi connectivity index (χ0n) is 22.1. The number of aromatic nitrogens is 2. The van der Waals surface area contributed by atoms with Crippen LogP contribution in [0.15, 0.2) is 33.6 Å². The van der Waals surface area contributed by atoms with Crippen molar-refractivity contribution < 1.29 is 4.52 Å². The van der Waals surface area contributed by atoms with Crippen LogP contribution in [-0.4, -0.2) is 52.7 Å². The minimum atomic E-state index is -0.518. The topological polar surface area (TPSA) is 65.4 Å². The first-order valence-electron chi connectivity index (χ1n) is 14.3. The van der Waals surface area contributed by atoms with Gasteiger partial charge in [0.2, 0.25) is 0 Å². The van der Waals surface area contributed by atoms with Crippen LogP contribution >= 0.6 is 0 Å². The fourth-order valence-electron chi connectivity index (χ4n) is 5.08. The number of piperazine rings is 1. The van der Waals surface area contributed by atoms with E-state index >= 15 is 0 Å². The fraction of sp³-hybridized carbons (Fsp3) is 0.724. The van der Waals surface area contributed by atoms with Gasteiger partial charge in [-0.2, -0.15) is 0 Å². The lowest BCUT2D eigenvalue weighted by Gasteiger charge is -2.34. The number of benzene rings is 1. The Morgan fingerprint density at radius 2 is 1.26 bits per heavy atom. The van der Waals surface area contributed by atoms with Crippen molar-refractivity contribution in [2.45, 2.75) is 103 Å². The Kier molecular flexibility index (Phi) is 13.2. The highest BCUT2D eigenvalue weighted by atomic mass is 16.5. The third-order valence-electron chi connectivity index (χ3n) is 7.37. The van der Waals surface area contributed by atoms with E-state index in [-0.39, 0.29) is 0 Å². The van der Waals surface area contributed by atoms with Gasteiger partial charge in [0.15, 0.2) is 5.82 Å². The van der Waals surface area contributed by atoms with Crippen molar-refractivity contribution in [3.8, 4) is 11.4 Å². The Hall–Kier alpha value is -1.92. The number of unbranched alkanes of at least 4 members (excludes halogenated alkanes) is 13. The summed E-state index contributed by atoms with van der Waals surface area (Å²) in [6.07, 6.45) is 19.9. The average molecular weight is 485 g/mol. The monoisotopic (exact) mass is 484 g/mol. The number of rotatable bonds is 18. The third kappa shape index (κ3) is 11.1. The summed E-state index contributed by atoms with van der Waals surface area (Å²) in [7, 11) is 0. The SMILES string of the molecule is CCCCCCCCCCCCCCCCN1CCN(Cc2ccc(-c3noc(=O)[nH]3)cc2)CC1. The van der Waals surface area contributed by atoms with Gasteiger partial charge in [0, 0.05) is 38.3 Å². The summed E-state index contributed by atoms with van der Waals surface area (Å²) in [6.45, 7) is 9.15. The summed E-state index contributed by atoms with van der Waals surface area (Å²) in [4.78, 5) is 18.9. The van der Waals surface area contributed by atoms with E-state index in [1.165, 1.54) is 115 Å². The van der Waals surface area contributed by atoms with Crippen molar-refractivity contribution in [1.82, 2.24) is 19.9 Å². The largest absolute Gasteiger partial charge is 0.439 e.